The van der Waals surface area contributed by atoms with Gasteiger partial charge in [0.1, 0.15) is 5.75 Å². The fourth-order valence-corrected chi connectivity index (χ4v) is 2.62. The van der Waals surface area contributed by atoms with Crippen LogP contribution in [-0.4, -0.2) is 17.2 Å². The standard InChI is InChI=1S/C20H18N2O2/c1-14-6-4-10-17(20(14)24)13-21-22-19(23)12-16-9-5-8-15-7-2-3-11-18(15)16/h2-11,13,24H,12H2,1H3,(H,22,23). The average Bonchev–Trinajstić information content (AvgIpc) is 2.59. The minimum atomic E-state index is -0.199. The Hall–Kier alpha value is -3.14. The second-order valence-electron chi connectivity index (χ2n) is 5.62. The minimum absolute atomic E-state index is 0.171. The highest BCUT2D eigenvalue weighted by molar-refractivity contribution is 5.91. The van der Waals surface area contributed by atoms with Crippen LogP contribution in [0.3, 0.4) is 0 Å². The number of hydrazone groups is 1. The molecule has 4 heteroatoms. The Morgan fingerprint density at radius 3 is 2.71 bits per heavy atom. The number of fused-ring (bicyclic) bond motifs is 1. The summed E-state index contributed by atoms with van der Waals surface area (Å²) in [6.45, 7) is 1.81. The first-order valence-corrected chi connectivity index (χ1v) is 7.72. The van der Waals surface area contributed by atoms with Crippen molar-refractivity contribution in [2.45, 2.75) is 13.3 Å². The first-order valence-electron chi connectivity index (χ1n) is 7.72. The van der Waals surface area contributed by atoms with E-state index in [1.54, 1.807) is 6.07 Å². The summed E-state index contributed by atoms with van der Waals surface area (Å²) < 4.78 is 0. The Bertz CT molecular complexity index is 911. The van der Waals surface area contributed by atoms with Crippen LogP contribution in [-0.2, 0) is 11.2 Å². The zero-order valence-electron chi connectivity index (χ0n) is 13.4. The molecule has 0 aliphatic rings. The lowest BCUT2D eigenvalue weighted by molar-refractivity contribution is -0.120. The molecule has 3 aromatic carbocycles. The molecule has 0 atom stereocenters. The van der Waals surface area contributed by atoms with E-state index in [-0.39, 0.29) is 18.1 Å². The van der Waals surface area contributed by atoms with Gasteiger partial charge in [-0.3, -0.25) is 4.79 Å². The topological polar surface area (TPSA) is 61.7 Å². The number of rotatable bonds is 4. The Morgan fingerprint density at radius 1 is 1.08 bits per heavy atom. The van der Waals surface area contributed by atoms with Crippen LogP contribution in [0.1, 0.15) is 16.7 Å². The lowest BCUT2D eigenvalue weighted by Gasteiger charge is -2.06. The van der Waals surface area contributed by atoms with E-state index in [1.165, 1.54) is 6.21 Å². The number of benzene rings is 3. The summed E-state index contributed by atoms with van der Waals surface area (Å²) >= 11 is 0. The molecule has 0 aliphatic carbocycles. The predicted octanol–water partition coefficient (Wildman–Crippen LogP) is 3.55. The number of nitrogens with zero attached hydrogens (tertiary/aromatic N) is 1. The molecule has 0 saturated carbocycles. The normalized spacial score (nSPS) is 11.0. The van der Waals surface area contributed by atoms with Crippen molar-refractivity contribution in [3.05, 3.63) is 77.4 Å². The van der Waals surface area contributed by atoms with Gasteiger partial charge in [0.15, 0.2) is 0 Å². The molecule has 0 bridgehead atoms. The summed E-state index contributed by atoms with van der Waals surface area (Å²) in [4.78, 5) is 12.1. The number of amides is 1. The zero-order chi connectivity index (χ0) is 16.9. The Morgan fingerprint density at radius 2 is 1.83 bits per heavy atom. The number of aryl methyl sites for hydroxylation is 1. The van der Waals surface area contributed by atoms with Gasteiger partial charge < -0.3 is 5.11 Å². The van der Waals surface area contributed by atoms with Crippen molar-refractivity contribution in [1.82, 2.24) is 5.43 Å². The monoisotopic (exact) mass is 318 g/mol. The SMILES string of the molecule is Cc1cccc(C=NNC(=O)Cc2cccc3ccccc23)c1O. The Balaban J connectivity index is 1.69. The van der Waals surface area contributed by atoms with Gasteiger partial charge in [-0.05, 0) is 34.9 Å². The third kappa shape index (κ3) is 3.43. The van der Waals surface area contributed by atoms with Crippen LogP contribution < -0.4 is 5.43 Å². The van der Waals surface area contributed by atoms with Gasteiger partial charge in [0, 0.05) is 5.56 Å². The molecule has 24 heavy (non-hydrogen) atoms. The molecule has 0 aliphatic heterocycles. The van der Waals surface area contributed by atoms with Crippen LogP contribution in [0.5, 0.6) is 5.75 Å². The van der Waals surface area contributed by atoms with Gasteiger partial charge in [0.05, 0.1) is 12.6 Å². The Labute approximate surface area is 140 Å². The van der Waals surface area contributed by atoms with E-state index < -0.39 is 0 Å². The second-order valence-corrected chi connectivity index (χ2v) is 5.62. The van der Waals surface area contributed by atoms with Gasteiger partial charge in [-0.1, -0.05) is 54.6 Å². The first-order chi connectivity index (χ1) is 11.6. The number of phenols is 1. The van der Waals surface area contributed by atoms with Crippen LogP contribution in [0.15, 0.2) is 65.8 Å². The number of aromatic hydroxyl groups is 1. The van der Waals surface area contributed by atoms with E-state index >= 15 is 0 Å². The summed E-state index contributed by atoms with van der Waals surface area (Å²) in [6, 6.07) is 19.3. The fraction of sp³-hybridized carbons (Fsp3) is 0.100. The van der Waals surface area contributed by atoms with Crippen LogP contribution in [0.4, 0.5) is 0 Å². The number of phenolic OH excluding ortho intramolecular Hbond substituents is 1. The van der Waals surface area contributed by atoms with Crippen molar-refractivity contribution in [2.75, 3.05) is 0 Å². The van der Waals surface area contributed by atoms with Crippen LogP contribution in [0, 0.1) is 6.92 Å². The van der Waals surface area contributed by atoms with Gasteiger partial charge in [-0.25, -0.2) is 5.43 Å². The molecule has 120 valence electrons. The van der Waals surface area contributed by atoms with E-state index in [1.807, 2.05) is 61.5 Å². The van der Waals surface area contributed by atoms with E-state index in [0.29, 0.717) is 5.56 Å². The zero-order valence-corrected chi connectivity index (χ0v) is 13.4. The maximum Gasteiger partial charge on any atom is 0.244 e. The van der Waals surface area contributed by atoms with Crippen LogP contribution >= 0.6 is 0 Å². The highest BCUT2D eigenvalue weighted by atomic mass is 16.3. The summed E-state index contributed by atoms with van der Waals surface area (Å²) in [7, 11) is 0. The van der Waals surface area contributed by atoms with Crippen molar-refractivity contribution in [1.29, 1.82) is 0 Å². The molecule has 3 rings (SSSR count). The van der Waals surface area contributed by atoms with Gasteiger partial charge in [0.2, 0.25) is 5.91 Å². The first kappa shape index (κ1) is 15.7. The molecule has 0 aromatic heterocycles. The molecule has 0 saturated heterocycles. The third-order valence-electron chi connectivity index (χ3n) is 3.89. The molecule has 4 nitrogen and oxygen atoms in total. The van der Waals surface area contributed by atoms with E-state index in [4.69, 9.17) is 0 Å². The van der Waals surface area contributed by atoms with Crippen molar-refractivity contribution < 1.29 is 9.90 Å². The minimum Gasteiger partial charge on any atom is -0.507 e. The maximum atomic E-state index is 12.1. The fourth-order valence-electron chi connectivity index (χ4n) is 2.62. The lowest BCUT2D eigenvalue weighted by atomic mass is 10.0. The van der Waals surface area contributed by atoms with Gasteiger partial charge in [-0.15, -0.1) is 0 Å². The van der Waals surface area contributed by atoms with E-state index in [9.17, 15) is 9.90 Å². The number of hydrogen-bond acceptors (Lipinski definition) is 3. The highest BCUT2D eigenvalue weighted by Gasteiger charge is 2.06. The molecule has 3 aromatic rings. The molecule has 2 N–H and O–H groups in total. The van der Waals surface area contributed by atoms with Crippen LogP contribution in [0.2, 0.25) is 0 Å². The van der Waals surface area contributed by atoms with E-state index in [2.05, 4.69) is 10.5 Å². The third-order valence-corrected chi connectivity index (χ3v) is 3.89. The van der Waals surface area contributed by atoms with Crippen LogP contribution in [0.25, 0.3) is 10.8 Å². The van der Waals surface area contributed by atoms with Crippen molar-refractivity contribution >= 4 is 22.9 Å². The van der Waals surface area contributed by atoms with Gasteiger partial charge in [0.25, 0.3) is 0 Å². The highest BCUT2D eigenvalue weighted by Crippen LogP contribution is 2.20. The number of para-hydroxylation sites is 1. The van der Waals surface area contributed by atoms with Gasteiger partial charge in [-0.2, -0.15) is 5.10 Å². The molecule has 0 spiro atoms. The molecule has 0 heterocycles. The molecule has 0 fully saturated rings. The lowest BCUT2D eigenvalue weighted by Crippen LogP contribution is -2.19. The quantitative estimate of drug-likeness (QED) is 0.571. The van der Waals surface area contributed by atoms with Gasteiger partial charge >= 0.3 is 0 Å². The number of hydrogen-bond donors (Lipinski definition) is 2. The summed E-state index contributed by atoms with van der Waals surface area (Å²) in [5.41, 5.74) is 4.80. The van der Waals surface area contributed by atoms with Crippen molar-refractivity contribution in [3.63, 3.8) is 0 Å². The summed E-state index contributed by atoms with van der Waals surface area (Å²) in [6.07, 6.45) is 1.70. The molecular weight excluding hydrogens is 300 g/mol. The van der Waals surface area contributed by atoms with Crippen molar-refractivity contribution in [2.24, 2.45) is 5.10 Å². The van der Waals surface area contributed by atoms with Crippen molar-refractivity contribution in [3.8, 4) is 5.75 Å². The largest absolute Gasteiger partial charge is 0.507 e. The Kier molecular flexibility index (Phi) is 4.57. The number of carbonyl (C=O) groups excluding carboxylic acids is 1. The maximum absolute atomic E-state index is 12.1. The van der Waals surface area contributed by atoms with E-state index in [0.717, 1.165) is 21.9 Å². The molecular formula is C20H18N2O2. The number of carbonyl (C=O) groups is 1. The molecule has 0 unspecified atom stereocenters. The molecule has 1 amide bonds. The second kappa shape index (κ2) is 6.96. The molecule has 0 radical (unpaired) electrons. The number of nitrogens with one attached hydrogen (secondary N) is 1. The smallest absolute Gasteiger partial charge is 0.244 e. The summed E-state index contributed by atoms with van der Waals surface area (Å²) in [5.74, 6) is -0.0284. The average molecular weight is 318 g/mol. The summed E-state index contributed by atoms with van der Waals surface area (Å²) in [5, 5.41) is 16.0. The predicted molar refractivity (Wildman–Crippen MR) is 96.2 cm³/mol.